The highest BCUT2D eigenvalue weighted by Crippen LogP contribution is 2.32. The van der Waals surface area contributed by atoms with E-state index in [0.717, 1.165) is 36.7 Å². The molecule has 0 aromatic heterocycles. The normalized spacial score (nSPS) is 20.9. The highest BCUT2D eigenvalue weighted by atomic mass is 32.2. The second-order valence-corrected chi connectivity index (χ2v) is 7.50. The first kappa shape index (κ1) is 18.5. The Bertz CT molecular complexity index is 918. The van der Waals surface area contributed by atoms with Gasteiger partial charge in [0.2, 0.25) is 5.17 Å². The number of carbonyl (C=O) groups excluding carboxylic acids is 1. The summed E-state index contributed by atoms with van der Waals surface area (Å²) in [6, 6.07) is 5.32. The minimum absolute atomic E-state index is 0.0318. The molecular weight excluding hydrogens is 378 g/mol. The number of amidine groups is 3. The number of rotatable bonds is 3. The van der Waals surface area contributed by atoms with E-state index in [0.29, 0.717) is 16.7 Å². The van der Waals surface area contributed by atoms with Crippen molar-refractivity contribution in [3.05, 3.63) is 29.3 Å². The number of likely N-dealkylation sites (tertiary alicyclic amines) is 1. The number of aliphatic imine (C=N–C) groups is 1. The summed E-state index contributed by atoms with van der Waals surface area (Å²) in [5, 5.41) is 15.7. The first-order valence-corrected chi connectivity index (χ1v) is 9.89. The van der Waals surface area contributed by atoms with E-state index in [4.69, 9.17) is 14.9 Å². The van der Waals surface area contributed by atoms with E-state index in [1.54, 1.807) is 38.5 Å². The first-order valence-electron chi connectivity index (χ1n) is 9.08. The largest absolute Gasteiger partial charge is 0.493 e. The number of nitrogens with zero attached hydrogens (tertiary/aromatic N) is 4. The Kier molecular flexibility index (Phi) is 5.08. The molecule has 0 unspecified atom stereocenters. The van der Waals surface area contributed by atoms with E-state index >= 15 is 0 Å². The van der Waals surface area contributed by atoms with Crippen LogP contribution in [0.25, 0.3) is 6.08 Å². The molecule has 8 nitrogen and oxygen atoms in total. The fourth-order valence-electron chi connectivity index (χ4n) is 3.30. The second kappa shape index (κ2) is 7.67. The van der Waals surface area contributed by atoms with Crippen molar-refractivity contribution in [3.63, 3.8) is 0 Å². The van der Waals surface area contributed by atoms with Crippen molar-refractivity contribution in [1.29, 1.82) is 5.41 Å². The topological polar surface area (TPSA) is 90.6 Å². The van der Waals surface area contributed by atoms with Gasteiger partial charge in [-0.05, 0) is 54.8 Å². The molecule has 0 aliphatic carbocycles. The lowest BCUT2D eigenvalue weighted by molar-refractivity contribution is -0.114. The number of fused-ring (bicyclic) bond motifs is 1. The first-order chi connectivity index (χ1) is 13.6. The monoisotopic (exact) mass is 399 g/mol. The van der Waals surface area contributed by atoms with Crippen LogP contribution in [0.3, 0.4) is 0 Å². The molecule has 28 heavy (non-hydrogen) atoms. The van der Waals surface area contributed by atoms with Gasteiger partial charge in [-0.2, -0.15) is 10.0 Å². The van der Waals surface area contributed by atoms with Gasteiger partial charge in [0.25, 0.3) is 5.91 Å². The fourth-order valence-corrected chi connectivity index (χ4v) is 4.25. The van der Waals surface area contributed by atoms with E-state index in [-0.39, 0.29) is 11.4 Å². The molecule has 3 aliphatic heterocycles. The Morgan fingerprint density at radius 3 is 2.57 bits per heavy atom. The van der Waals surface area contributed by atoms with E-state index in [2.05, 4.69) is 15.0 Å². The highest BCUT2D eigenvalue weighted by Gasteiger charge is 2.37. The third-order valence-corrected chi connectivity index (χ3v) is 5.76. The van der Waals surface area contributed by atoms with Crippen LogP contribution in [0.2, 0.25) is 0 Å². The molecule has 146 valence electrons. The van der Waals surface area contributed by atoms with Crippen molar-refractivity contribution in [1.82, 2.24) is 9.91 Å². The van der Waals surface area contributed by atoms with Gasteiger partial charge in [0.15, 0.2) is 22.5 Å². The summed E-state index contributed by atoms with van der Waals surface area (Å²) in [4.78, 5) is 18.9. The van der Waals surface area contributed by atoms with Gasteiger partial charge in [-0.15, -0.1) is 5.10 Å². The van der Waals surface area contributed by atoms with Crippen molar-refractivity contribution >= 4 is 39.9 Å². The number of piperidine rings is 1. The summed E-state index contributed by atoms with van der Waals surface area (Å²) >= 11 is 1.35. The number of carbonyl (C=O) groups is 1. The third-order valence-electron chi connectivity index (χ3n) is 4.79. The number of hydrogen-bond donors (Lipinski definition) is 1. The molecule has 0 radical (unpaired) electrons. The number of amides is 1. The molecule has 0 saturated carbocycles. The molecule has 1 aromatic carbocycles. The lowest BCUT2D eigenvalue weighted by Gasteiger charge is -2.26. The van der Waals surface area contributed by atoms with Gasteiger partial charge in [0.05, 0.1) is 19.8 Å². The number of benzene rings is 1. The molecule has 0 spiro atoms. The van der Waals surface area contributed by atoms with Crippen LogP contribution < -0.4 is 9.47 Å². The maximum absolute atomic E-state index is 12.6. The average Bonchev–Trinajstić information content (AvgIpc) is 3.15. The van der Waals surface area contributed by atoms with E-state index in [1.807, 2.05) is 0 Å². The SMILES string of the molecule is COc1ccc(/C=C2\C(=N)N3N=C(N4CCCCC4)SC3=NC2=O)cc1OC. The summed E-state index contributed by atoms with van der Waals surface area (Å²) in [5.74, 6) is 0.748. The Labute approximate surface area is 167 Å². The maximum atomic E-state index is 12.6. The molecule has 0 atom stereocenters. The molecule has 1 fully saturated rings. The molecule has 1 amide bonds. The molecule has 3 heterocycles. The van der Waals surface area contributed by atoms with Gasteiger partial charge >= 0.3 is 0 Å². The minimum atomic E-state index is -0.436. The van der Waals surface area contributed by atoms with Crippen LogP contribution >= 0.6 is 11.8 Å². The lowest BCUT2D eigenvalue weighted by atomic mass is 10.1. The predicted molar refractivity (Wildman–Crippen MR) is 110 cm³/mol. The Morgan fingerprint density at radius 1 is 1.11 bits per heavy atom. The highest BCUT2D eigenvalue weighted by molar-refractivity contribution is 8.26. The quantitative estimate of drug-likeness (QED) is 0.786. The number of methoxy groups -OCH3 is 2. The molecule has 1 N–H and O–H groups in total. The minimum Gasteiger partial charge on any atom is -0.493 e. The van der Waals surface area contributed by atoms with Crippen LogP contribution in [-0.2, 0) is 4.79 Å². The van der Waals surface area contributed by atoms with Gasteiger partial charge in [-0.25, -0.2) is 0 Å². The molecule has 3 aliphatic rings. The average molecular weight is 399 g/mol. The van der Waals surface area contributed by atoms with Gasteiger partial charge in [-0.3, -0.25) is 10.2 Å². The fraction of sp³-hybridized carbons (Fsp3) is 0.368. The molecular formula is C19H21N5O3S. The van der Waals surface area contributed by atoms with Gasteiger partial charge in [-0.1, -0.05) is 6.07 Å². The zero-order valence-corrected chi connectivity index (χ0v) is 16.6. The van der Waals surface area contributed by atoms with Gasteiger partial charge < -0.3 is 14.4 Å². The number of hydrazone groups is 1. The molecule has 4 rings (SSSR count). The predicted octanol–water partition coefficient (Wildman–Crippen LogP) is 2.77. The number of thioether (sulfide) groups is 1. The van der Waals surface area contributed by atoms with Crippen LogP contribution in [0, 0.1) is 5.41 Å². The molecule has 1 saturated heterocycles. The number of nitrogens with one attached hydrogen (secondary N) is 1. The van der Waals surface area contributed by atoms with Crippen molar-refractivity contribution in [3.8, 4) is 11.5 Å². The molecule has 1 aromatic rings. The smallest absolute Gasteiger partial charge is 0.283 e. The maximum Gasteiger partial charge on any atom is 0.283 e. The summed E-state index contributed by atoms with van der Waals surface area (Å²) in [6.07, 6.45) is 5.12. The third kappa shape index (κ3) is 3.37. The zero-order valence-electron chi connectivity index (χ0n) is 15.8. The van der Waals surface area contributed by atoms with E-state index < -0.39 is 5.91 Å². The van der Waals surface area contributed by atoms with Gasteiger partial charge in [0, 0.05) is 13.1 Å². The standard InChI is InChI=1S/C19H21N5O3S/c1-26-14-7-6-12(11-15(14)27-2)10-13-16(20)24-18(21-17(13)25)28-19(22-24)23-8-4-3-5-9-23/h6-7,10-11,20H,3-5,8-9H2,1-2H3/b13-10+,20-16?. The van der Waals surface area contributed by atoms with Crippen molar-refractivity contribution in [2.75, 3.05) is 27.3 Å². The van der Waals surface area contributed by atoms with Crippen molar-refractivity contribution < 1.29 is 14.3 Å². The van der Waals surface area contributed by atoms with Crippen LogP contribution in [0.5, 0.6) is 11.5 Å². The Balaban J connectivity index is 1.62. The summed E-state index contributed by atoms with van der Waals surface area (Å²) < 4.78 is 10.5. The zero-order chi connectivity index (χ0) is 19.7. The van der Waals surface area contributed by atoms with Crippen molar-refractivity contribution in [2.45, 2.75) is 19.3 Å². The van der Waals surface area contributed by atoms with Gasteiger partial charge in [0.1, 0.15) is 0 Å². The summed E-state index contributed by atoms with van der Waals surface area (Å²) in [5.41, 5.74) is 0.914. The van der Waals surface area contributed by atoms with Crippen molar-refractivity contribution in [2.24, 2.45) is 10.1 Å². The Hall–Kier alpha value is -2.81. The van der Waals surface area contributed by atoms with Crippen LogP contribution in [0.4, 0.5) is 0 Å². The molecule has 0 bridgehead atoms. The number of hydrogen-bond acceptors (Lipinski definition) is 7. The Morgan fingerprint density at radius 2 is 1.86 bits per heavy atom. The van der Waals surface area contributed by atoms with Crippen LogP contribution in [0.15, 0.2) is 33.9 Å². The van der Waals surface area contributed by atoms with E-state index in [9.17, 15) is 4.79 Å². The van der Waals surface area contributed by atoms with E-state index in [1.165, 1.54) is 23.2 Å². The summed E-state index contributed by atoms with van der Waals surface area (Å²) in [6.45, 7) is 1.89. The lowest BCUT2D eigenvalue weighted by Crippen LogP contribution is -2.35. The molecule has 9 heteroatoms. The second-order valence-electron chi connectivity index (χ2n) is 6.56. The number of ether oxygens (including phenoxy) is 2. The summed E-state index contributed by atoms with van der Waals surface area (Å²) in [7, 11) is 3.12. The van der Waals surface area contributed by atoms with Crippen LogP contribution in [0.1, 0.15) is 24.8 Å². The van der Waals surface area contributed by atoms with Crippen LogP contribution in [-0.4, -0.2) is 59.3 Å².